The maximum atomic E-state index is 15.3. The Balaban J connectivity index is 1.38. The number of ether oxygens (including phenoxy) is 14. The van der Waals surface area contributed by atoms with Crippen molar-refractivity contribution in [2.75, 3.05) is 174 Å². The second-order valence-electron chi connectivity index (χ2n) is 15.4. The number of carbonyl (C=O) groups is 8. The molecule has 30 nitrogen and oxygen atoms in total. The van der Waals surface area contributed by atoms with Gasteiger partial charge in [-0.3, -0.25) is 39.2 Å². The van der Waals surface area contributed by atoms with Crippen LogP contribution in [0.1, 0.15) is 0 Å². The van der Waals surface area contributed by atoms with Crippen LogP contribution in [0.4, 0.5) is 19.2 Å². The molecule has 0 unspecified atom stereocenters. The maximum Gasteiger partial charge on any atom is 0.359 e. The quantitative estimate of drug-likeness (QED) is 0.0415. The highest BCUT2D eigenvalue weighted by atomic mass is 16.6. The number of carbonyl (C=O) groups excluding carboxylic acids is 8. The van der Waals surface area contributed by atoms with Crippen LogP contribution in [0.3, 0.4) is 0 Å². The van der Waals surface area contributed by atoms with Gasteiger partial charge in [-0.1, -0.05) is 0 Å². The molecule has 0 atom stereocenters. The highest BCUT2D eigenvalue weighted by Gasteiger charge is 2.93. The highest BCUT2D eigenvalue weighted by molar-refractivity contribution is 6.12. The Labute approximate surface area is 388 Å². The normalized spacial score (nSPS) is 26.6. The standard InChI is InChI=1S/C38H56N8O22/c1-55-5-9-59-13-17-65-27(47)35-37(29(49)67-19-15-61-11-7-57-3)43-23-63-24-44(37)32(52)40(35)22-42-34(54)46-26-64-25-45-33(53)41(21-39(35)31(43)51)36(42,28(48)66-18-14-60-10-6-56-2)38(45,46)30(50)68-20-16-62-12-8-58-4/h5-26H2,1-4H3. The lowest BCUT2D eigenvalue weighted by Gasteiger charge is -2.52. The zero-order valence-corrected chi connectivity index (χ0v) is 38.1. The van der Waals surface area contributed by atoms with Gasteiger partial charge in [-0.15, -0.1) is 0 Å². The highest BCUT2D eigenvalue weighted by Crippen LogP contribution is 2.60. The molecule has 0 N–H and O–H groups in total. The van der Waals surface area contributed by atoms with Gasteiger partial charge in [0.15, 0.2) is 0 Å². The third-order valence-electron chi connectivity index (χ3n) is 12.1. The van der Waals surface area contributed by atoms with Crippen LogP contribution in [0, 0.1) is 0 Å². The van der Waals surface area contributed by atoms with Crippen LogP contribution in [0.15, 0.2) is 0 Å². The molecule has 7 saturated heterocycles. The smallest absolute Gasteiger partial charge is 0.359 e. The number of amides is 8. The largest absolute Gasteiger partial charge is 0.460 e. The monoisotopic (exact) mass is 976 g/mol. The number of hydrogen-bond donors (Lipinski definition) is 0. The van der Waals surface area contributed by atoms with Gasteiger partial charge in [0.1, 0.15) is 66.7 Å². The van der Waals surface area contributed by atoms with E-state index < -0.39 is 137 Å². The number of esters is 4. The Bertz CT molecular complexity index is 1720. The van der Waals surface area contributed by atoms with Gasteiger partial charge in [0.05, 0.1) is 79.3 Å². The van der Waals surface area contributed by atoms with Gasteiger partial charge in [0, 0.05) is 28.4 Å². The summed E-state index contributed by atoms with van der Waals surface area (Å²) in [6.07, 6.45) is 0. The molecule has 0 spiro atoms. The second-order valence-corrected chi connectivity index (χ2v) is 15.4. The van der Waals surface area contributed by atoms with Gasteiger partial charge in [0.2, 0.25) is 0 Å². The van der Waals surface area contributed by atoms with E-state index in [-0.39, 0.29) is 79.3 Å². The van der Waals surface area contributed by atoms with E-state index in [1.807, 2.05) is 0 Å². The van der Waals surface area contributed by atoms with Crippen molar-refractivity contribution in [3.63, 3.8) is 0 Å². The molecule has 380 valence electrons. The SMILES string of the molecule is COCCOCCOC(=O)C12N3COCN1C(=O)N1CN4C(=O)N5COCN6C(=O)N(CN(C3=O)C12C(=O)OCCOCCOC)C4(C(=O)OCCOCCOC)C65C(=O)OCCOCCOC. The van der Waals surface area contributed by atoms with E-state index in [1.165, 1.54) is 28.4 Å². The van der Waals surface area contributed by atoms with E-state index in [0.717, 1.165) is 19.6 Å². The van der Waals surface area contributed by atoms with E-state index in [0.29, 0.717) is 19.6 Å². The van der Waals surface area contributed by atoms with Gasteiger partial charge >= 0.3 is 48.0 Å². The third kappa shape index (κ3) is 7.56. The average Bonchev–Trinajstić information content (AvgIpc) is 3.89. The van der Waals surface area contributed by atoms with E-state index in [1.54, 1.807) is 0 Å². The van der Waals surface area contributed by atoms with Gasteiger partial charge in [-0.2, -0.15) is 0 Å². The lowest BCUT2D eigenvalue weighted by Crippen LogP contribution is -2.82. The summed E-state index contributed by atoms with van der Waals surface area (Å²) in [5.74, 6) is -5.50. The van der Waals surface area contributed by atoms with E-state index in [4.69, 9.17) is 66.3 Å². The number of nitrogens with zero attached hydrogens (tertiary/aromatic N) is 8. The van der Waals surface area contributed by atoms with Crippen molar-refractivity contribution >= 4 is 48.0 Å². The Kier molecular flexibility index (Phi) is 15.9. The molecule has 8 amide bonds. The molecule has 0 aliphatic carbocycles. The van der Waals surface area contributed by atoms with Crippen LogP contribution in [0.5, 0.6) is 0 Å². The van der Waals surface area contributed by atoms with Crippen LogP contribution in [0.25, 0.3) is 0 Å². The first-order chi connectivity index (χ1) is 33.0. The fraction of sp³-hybridized carbons (Fsp3) is 0.789. The van der Waals surface area contributed by atoms with Gasteiger partial charge in [-0.25, -0.2) is 38.4 Å². The molecule has 0 radical (unpaired) electrons. The molecule has 0 aromatic carbocycles. The van der Waals surface area contributed by atoms with E-state index >= 15 is 38.4 Å². The van der Waals surface area contributed by atoms with Crippen LogP contribution in [-0.2, 0) is 85.5 Å². The summed E-state index contributed by atoms with van der Waals surface area (Å²) in [4.78, 5) is 127. The fourth-order valence-electron chi connectivity index (χ4n) is 9.36. The van der Waals surface area contributed by atoms with Crippen LogP contribution >= 0.6 is 0 Å². The summed E-state index contributed by atoms with van der Waals surface area (Å²) in [6, 6.07) is -4.84. The van der Waals surface area contributed by atoms with Gasteiger partial charge in [0.25, 0.3) is 22.7 Å². The first-order valence-corrected chi connectivity index (χ1v) is 21.5. The Morgan fingerprint density at radius 3 is 0.779 bits per heavy atom. The molecule has 7 rings (SSSR count). The lowest BCUT2D eigenvalue weighted by molar-refractivity contribution is -0.227. The Morgan fingerprint density at radius 2 is 0.559 bits per heavy atom. The fourth-order valence-corrected chi connectivity index (χ4v) is 9.36. The first-order valence-electron chi connectivity index (χ1n) is 21.5. The maximum absolute atomic E-state index is 15.3. The minimum atomic E-state index is -2.98. The Hall–Kier alpha value is -5.44. The van der Waals surface area contributed by atoms with Crippen molar-refractivity contribution in [1.82, 2.24) is 39.2 Å². The molecule has 7 aliphatic heterocycles. The Morgan fingerprint density at radius 1 is 0.353 bits per heavy atom. The topological polar surface area (TPSA) is 292 Å². The molecular formula is C38H56N8O22. The number of hydrogen-bond acceptors (Lipinski definition) is 22. The number of rotatable bonds is 28. The summed E-state index contributed by atoms with van der Waals surface area (Å²) in [7, 11) is 5.81. The second kappa shape index (κ2) is 21.5. The molecule has 0 bridgehead atoms. The molecule has 0 saturated carbocycles. The minimum absolute atomic E-state index is 0.0867. The van der Waals surface area contributed by atoms with Crippen molar-refractivity contribution < 1.29 is 105 Å². The predicted molar refractivity (Wildman–Crippen MR) is 213 cm³/mol. The predicted octanol–water partition coefficient (Wildman–Crippen LogP) is -3.63. The molecular weight excluding hydrogens is 920 g/mol. The minimum Gasteiger partial charge on any atom is -0.460 e. The molecule has 68 heavy (non-hydrogen) atoms. The van der Waals surface area contributed by atoms with Crippen molar-refractivity contribution in [3.05, 3.63) is 0 Å². The summed E-state index contributed by atoms with van der Waals surface area (Å²) < 4.78 is 76.3. The van der Waals surface area contributed by atoms with Gasteiger partial charge < -0.3 is 66.3 Å². The van der Waals surface area contributed by atoms with Gasteiger partial charge in [-0.05, 0) is 0 Å². The molecule has 7 aliphatic rings. The lowest BCUT2D eigenvalue weighted by atomic mass is 9.88. The van der Waals surface area contributed by atoms with E-state index in [9.17, 15) is 0 Å². The third-order valence-corrected chi connectivity index (χ3v) is 12.1. The molecule has 0 aromatic rings. The number of urea groups is 4. The van der Waals surface area contributed by atoms with Crippen molar-refractivity contribution in [2.24, 2.45) is 0 Å². The van der Waals surface area contributed by atoms with Crippen molar-refractivity contribution in [2.45, 2.75) is 22.7 Å². The van der Waals surface area contributed by atoms with Crippen LogP contribution < -0.4 is 0 Å². The molecule has 7 heterocycles. The molecule has 0 aromatic heterocycles. The van der Waals surface area contributed by atoms with Crippen LogP contribution in [0.2, 0.25) is 0 Å². The zero-order chi connectivity index (χ0) is 48.7. The number of methoxy groups -OCH3 is 4. The summed E-state index contributed by atoms with van der Waals surface area (Å²) in [6.45, 7) is -6.96. The molecule has 30 heteroatoms. The van der Waals surface area contributed by atoms with E-state index in [2.05, 4.69) is 0 Å². The first kappa shape index (κ1) is 50.4. The summed E-state index contributed by atoms with van der Waals surface area (Å²) >= 11 is 0. The summed E-state index contributed by atoms with van der Waals surface area (Å²) in [5, 5.41) is 0. The molecule has 7 fully saturated rings. The average molecular weight is 977 g/mol. The summed E-state index contributed by atoms with van der Waals surface area (Å²) in [5.41, 5.74) is -11.6. The van der Waals surface area contributed by atoms with Crippen LogP contribution in [-0.4, -0.2) is 284 Å². The van der Waals surface area contributed by atoms with Crippen molar-refractivity contribution in [3.8, 4) is 0 Å². The zero-order valence-electron chi connectivity index (χ0n) is 38.1. The van der Waals surface area contributed by atoms with Crippen molar-refractivity contribution in [1.29, 1.82) is 0 Å².